The lowest BCUT2D eigenvalue weighted by molar-refractivity contribution is -0.138. The summed E-state index contributed by atoms with van der Waals surface area (Å²) in [6.45, 7) is 4.83. The predicted molar refractivity (Wildman–Crippen MR) is 187 cm³/mol. The molecule has 3 aromatic rings. The highest BCUT2D eigenvalue weighted by Gasteiger charge is 2.32. The van der Waals surface area contributed by atoms with E-state index in [9.17, 15) is 24.3 Å². The van der Waals surface area contributed by atoms with Gasteiger partial charge in [0.1, 0.15) is 23.5 Å². The van der Waals surface area contributed by atoms with E-state index in [1.54, 1.807) is 38.4 Å². The summed E-state index contributed by atoms with van der Waals surface area (Å²) in [5.74, 6) is -0.503. The van der Waals surface area contributed by atoms with E-state index in [2.05, 4.69) is 25.9 Å². The number of hydrogen-bond acceptors (Lipinski definition) is 7. The number of carbonyl (C=O) groups excluding carboxylic acids is 4. The summed E-state index contributed by atoms with van der Waals surface area (Å²) < 4.78 is 1.50. The molecule has 1 saturated heterocycles. The SMILES string of the molecule is CCC(=O)N[C@H](CCc1ccc(NC(=O)[C@@H](NC(=O)c2ccnn2C)C2CCCCC2)cc1)C(=O)N1CCN(Cc2ccccc2O)CC1. The molecule has 4 N–H and O–H groups in total. The first-order valence-electron chi connectivity index (χ1n) is 17.5. The van der Waals surface area contributed by atoms with Gasteiger partial charge in [-0.05, 0) is 61.4 Å². The van der Waals surface area contributed by atoms with Crippen LogP contribution in [0.2, 0.25) is 0 Å². The fourth-order valence-electron chi connectivity index (χ4n) is 6.75. The highest BCUT2D eigenvalue weighted by atomic mass is 16.3. The average molecular weight is 672 g/mol. The van der Waals surface area contributed by atoms with Crippen LogP contribution in [0.3, 0.4) is 0 Å². The molecule has 1 aromatic heterocycles. The molecule has 2 fully saturated rings. The second-order valence-electron chi connectivity index (χ2n) is 13.1. The van der Waals surface area contributed by atoms with Gasteiger partial charge >= 0.3 is 0 Å². The first-order chi connectivity index (χ1) is 23.7. The van der Waals surface area contributed by atoms with E-state index in [0.717, 1.165) is 43.2 Å². The van der Waals surface area contributed by atoms with E-state index in [1.807, 2.05) is 41.3 Å². The molecule has 4 amide bonds. The van der Waals surface area contributed by atoms with E-state index >= 15 is 0 Å². The van der Waals surface area contributed by atoms with Crippen LogP contribution in [0, 0.1) is 5.92 Å². The fourth-order valence-corrected chi connectivity index (χ4v) is 6.75. The van der Waals surface area contributed by atoms with Gasteiger partial charge in [0.2, 0.25) is 17.7 Å². The number of piperazine rings is 1. The number of para-hydroxylation sites is 1. The highest BCUT2D eigenvalue weighted by Crippen LogP contribution is 2.28. The minimum Gasteiger partial charge on any atom is -0.508 e. The van der Waals surface area contributed by atoms with Crippen LogP contribution in [0.15, 0.2) is 60.8 Å². The number of aromatic hydroxyl groups is 1. The third kappa shape index (κ3) is 9.69. The Morgan fingerprint density at radius 3 is 2.29 bits per heavy atom. The largest absolute Gasteiger partial charge is 0.508 e. The average Bonchev–Trinajstić information content (AvgIpc) is 3.56. The number of anilines is 1. The lowest BCUT2D eigenvalue weighted by Crippen LogP contribution is -2.54. The van der Waals surface area contributed by atoms with E-state index in [-0.39, 0.29) is 41.7 Å². The Balaban J connectivity index is 1.16. The van der Waals surface area contributed by atoms with Crippen molar-refractivity contribution in [1.29, 1.82) is 0 Å². The van der Waals surface area contributed by atoms with Gasteiger partial charge in [0.15, 0.2) is 0 Å². The Morgan fingerprint density at radius 1 is 0.918 bits per heavy atom. The zero-order valence-corrected chi connectivity index (χ0v) is 28.6. The van der Waals surface area contributed by atoms with Crippen molar-refractivity contribution in [2.45, 2.75) is 76.9 Å². The van der Waals surface area contributed by atoms with Crippen molar-refractivity contribution in [2.75, 3.05) is 31.5 Å². The maximum atomic E-state index is 13.6. The number of amides is 4. The third-order valence-corrected chi connectivity index (χ3v) is 9.71. The topological polar surface area (TPSA) is 149 Å². The number of aromatic nitrogens is 2. The molecule has 2 atom stereocenters. The second kappa shape index (κ2) is 17.1. The number of phenols is 1. The summed E-state index contributed by atoms with van der Waals surface area (Å²) in [6.07, 6.45) is 7.81. The molecule has 12 heteroatoms. The van der Waals surface area contributed by atoms with Gasteiger partial charge in [0.25, 0.3) is 5.91 Å². The van der Waals surface area contributed by atoms with Gasteiger partial charge in [-0.25, -0.2) is 0 Å². The van der Waals surface area contributed by atoms with Crippen molar-refractivity contribution < 1.29 is 24.3 Å². The number of carbonyl (C=O) groups is 4. The molecule has 1 saturated carbocycles. The Hall–Kier alpha value is -4.71. The number of aryl methyl sites for hydroxylation is 2. The Kier molecular flexibility index (Phi) is 12.4. The quantitative estimate of drug-likeness (QED) is 0.217. The molecule has 12 nitrogen and oxygen atoms in total. The normalized spacial score (nSPS) is 16.8. The molecule has 2 heterocycles. The zero-order valence-electron chi connectivity index (χ0n) is 28.6. The summed E-state index contributed by atoms with van der Waals surface area (Å²) in [4.78, 5) is 56.6. The molecule has 0 spiro atoms. The van der Waals surface area contributed by atoms with Crippen LogP contribution in [-0.4, -0.2) is 86.6 Å². The number of phenolic OH excluding ortho intramolecular Hbond substituents is 1. The van der Waals surface area contributed by atoms with Gasteiger partial charge in [0.05, 0.1) is 0 Å². The van der Waals surface area contributed by atoms with E-state index in [0.29, 0.717) is 56.9 Å². The molecule has 0 unspecified atom stereocenters. The summed E-state index contributed by atoms with van der Waals surface area (Å²) in [7, 11) is 1.70. The standard InChI is InChI=1S/C37H49N7O5/c1-3-33(46)40-30(37(49)44-23-21-43(22-24-44)25-28-11-7-8-12-32(28)45)18-15-26-13-16-29(17-14-26)39-36(48)34(27-9-5-4-6-10-27)41-35(47)31-19-20-38-42(31)2/h7-8,11-14,16-17,19-20,27,30,34,45H,3-6,9-10,15,18,21-25H2,1-2H3,(H,39,48)(H,40,46)(H,41,47)/t30-,34+/m1/s1. The molecule has 2 aliphatic rings. The summed E-state index contributed by atoms with van der Waals surface area (Å²) in [5, 5.41) is 23.1. The zero-order chi connectivity index (χ0) is 34.8. The molecule has 1 aliphatic carbocycles. The number of nitrogens with zero attached hydrogens (tertiary/aromatic N) is 4. The van der Waals surface area contributed by atoms with Crippen molar-refractivity contribution in [3.63, 3.8) is 0 Å². The molecular weight excluding hydrogens is 622 g/mol. The first-order valence-corrected chi connectivity index (χ1v) is 17.5. The lowest BCUT2D eigenvalue weighted by Gasteiger charge is -2.36. The minimum atomic E-state index is -0.663. The summed E-state index contributed by atoms with van der Waals surface area (Å²) in [6, 6.07) is 15.1. The van der Waals surface area contributed by atoms with Crippen LogP contribution in [0.25, 0.3) is 0 Å². The fraction of sp³-hybridized carbons (Fsp3) is 0.486. The van der Waals surface area contributed by atoms with Crippen LogP contribution >= 0.6 is 0 Å². The van der Waals surface area contributed by atoms with Crippen molar-refractivity contribution in [3.8, 4) is 5.75 Å². The number of benzene rings is 2. The lowest BCUT2D eigenvalue weighted by atomic mass is 9.83. The van der Waals surface area contributed by atoms with Gasteiger partial charge < -0.3 is 26.0 Å². The highest BCUT2D eigenvalue weighted by molar-refractivity contribution is 6.00. The van der Waals surface area contributed by atoms with Crippen molar-refractivity contribution >= 4 is 29.3 Å². The van der Waals surface area contributed by atoms with Crippen LogP contribution < -0.4 is 16.0 Å². The molecule has 262 valence electrons. The van der Waals surface area contributed by atoms with Crippen LogP contribution in [0.1, 0.15) is 73.5 Å². The first kappa shape index (κ1) is 35.6. The Morgan fingerprint density at radius 2 is 1.63 bits per heavy atom. The van der Waals surface area contributed by atoms with Crippen LogP contribution in [0.5, 0.6) is 5.75 Å². The second-order valence-corrected chi connectivity index (χ2v) is 13.1. The molecule has 2 aromatic carbocycles. The van der Waals surface area contributed by atoms with E-state index < -0.39 is 12.1 Å². The third-order valence-electron chi connectivity index (χ3n) is 9.71. The van der Waals surface area contributed by atoms with Crippen LogP contribution in [0.4, 0.5) is 5.69 Å². The van der Waals surface area contributed by atoms with Gasteiger partial charge in [-0.3, -0.25) is 28.8 Å². The number of hydrogen-bond donors (Lipinski definition) is 4. The molecule has 5 rings (SSSR count). The smallest absolute Gasteiger partial charge is 0.270 e. The van der Waals surface area contributed by atoms with Crippen molar-refractivity contribution in [3.05, 3.63) is 77.6 Å². The monoisotopic (exact) mass is 671 g/mol. The van der Waals surface area contributed by atoms with E-state index in [4.69, 9.17) is 0 Å². The van der Waals surface area contributed by atoms with Crippen LogP contribution in [-0.2, 0) is 34.4 Å². The molecule has 1 aliphatic heterocycles. The molecule has 0 bridgehead atoms. The van der Waals surface area contributed by atoms with Gasteiger partial charge in [0, 0.05) is 63.6 Å². The number of rotatable bonds is 13. The molecule has 0 radical (unpaired) electrons. The molecule has 49 heavy (non-hydrogen) atoms. The predicted octanol–water partition coefficient (Wildman–Crippen LogP) is 3.61. The van der Waals surface area contributed by atoms with Gasteiger partial charge in [-0.2, -0.15) is 5.10 Å². The Bertz CT molecular complexity index is 1580. The Labute approximate surface area is 288 Å². The summed E-state index contributed by atoms with van der Waals surface area (Å²) >= 11 is 0. The minimum absolute atomic E-state index is 0.0539. The van der Waals surface area contributed by atoms with Gasteiger partial charge in [-0.1, -0.05) is 56.5 Å². The van der Waals surface area contributed by atoms with Crippen molar-refractivity contribution in [1.82, 2.24) is 30.2 Å². The van der Waals surface area contributed by atoms with Crippen molar-refractivity contribution in [2.24, 2.45) is 13.0 Å². The summed E-state index contributed by atoms with van der Waals surface area (Å²) in [5.41, 5.74) is 2.86. The van der Waals surface area contributed by atoms with Gasteiger partial charge in [-0.15, -0.1) is 0 Å². The number of nitrogens with one attached hydrogen (secondary N) is 3. The maximum absolute atomic E-state index is 13.6. The van der Waals surface area contributed by atoms with E-state index in [1.165, 1.54) is 4.68 Å². The molecular formula is C37H49N7O5. The maximum Gasteiger partial charge on any atom is 0.270 e.